The molecule has 0 bridgehead atoms. The van der Waals surface area contributed by atoms with Gasteiger partial charge < -0.3 is 14.2 Å². The number of aromatic nitrogens is 2. The van der Waals surface area contributed by atoms with E-state index in [1.807, 2.05) is 48.8 Å². The van der Waals surface area contributed by atoms with Crippen molar-refractivity contribution in [3.05, 3.63) is 97.4 Å². The van der Waals surface area contributed by atoms with Gasteiger partial charge >= 0.3 is 5.97 Å². The molecule has 0 radical (unpaired) electrons. The molecule has 3 aromatic rings. The van der Waals surface area contributed by atoms with Gasteiger partial charge in [0.15, 0.2) is 5.82 Å². The van der Waals surface area contributed by atoms with Crippen LogP contribution in [0.2, 0.25) is 0 Å². The quantitative estimate of drug-likeness (QED) is 0.0258. The third-order valence-electron chi connectivity index (χ3n) is 6.82. The highest BCUT2D eigenvalue weighted by Crippen LogP contribution is 2.20. The number of ether oxygens (including phenoxy) is 3. The summed E-state index contributed by atoms with van der Waals surface area (Å²) < 4.78 is 16.7. The average molecular weight is 603 g/mol. The van der Waals surface area contributed by atoms with E-state index in [1.165, 1.54) is 11.6 Å². The second kappa shape index (κ2) is 21.6. The third kappa shape index (κ3) is 14.4. The molecule has 3 rings (SSSR count). The van der Waals surface area contributed by atoms with Crippen LogP contribution in [0, 0.1) is 0 Å². The summed E-state index contributed by atoms with van der Waals surface area (Å²) in [6.07, 6.45) is 16.5. The molecule has 0 fully saturated rings. The van der Waals surface area contributed by atoms with Crippen LogP contribution >= 0.6 is 0 Å². The van der Waals surface area contributed by atoms with E-state index in [2.05, 4.69) is 35.3 Å². The Hall–Kier alpha value is -4.01. The molecule has 0 N–H and O–H groups in total. The molecule has 1 heterocycles. The van der Waals surface area contributed by atoms with Crippen LogP contribution in [0.25, 0.3) is 11.4 Å². The van der Waals surface area contributed by atoms with E-state index in [0.717, 1.165) is 86.8 Å². The zero-order chi connectivity index (χ0) is 31.1. The van der Waals surface area contributed by atoms with Crippen molar-refractivity contribution in [1.29, 1.82) is 0 Å². The monoisotopic (exact) mass is 602 g/mol. The number of unbranched alkanes of at least 4 members (excludes halogenated alkanes) is 6. The van der Waals surface area contributed by atoms with Crippen molar-refractivity contribution in [3.63, 3.8) is 0 Å². The molecule has 0 amide bonds. The van der Waals surface area contributed by atoms with Crippen LogP contribution in [-0.4, -0.2) is 49.0 Å². The summed E-state index contributed by atoms with van der Waals surface area (Å²) in [5, 5.41) is 0. The lowest BCUT2D eigenvalue weighted by Crippen LogP contribution is -2.02. The molecule has 0 aliphatic heterocycles. The normalized spacial score (nSPS) is 10.7. The molecule has 0 aliphatic carbocycles. The Balaban J connectivity index is 1.27. The van der Waals surface area contributed by atoms with E-state index in [9.17, 15) is 4.79 Å². The van der Waals surface area contributed by atoms with Crippen molar-refractivity contribution < 1.29 is 28.8 Å². The summed E-state index contributed by atoms with van der Waals surface area (Å²) in [6.45, 7) is 9.80. The minimum atomic E-state index is -0.366. The van der Waals surface area contributed by atoms with Gasteiger partial charge in [-0.25, -0.2) is 24.5 Å². The summed E-state index contributed by atoms with van der Waals surface area (Å²) >= 11 is 0. The van der Waals surface area contributed by atoms with Gasteiger partial charge in [-0.2, -0.15) is 0 Å². The maximum atomic E-state index is 11.0. The number of benzene rings is 2. The number of carbonyl (C=O) groups excluding carboxylic acids is 1. The van der Waals surface area contributed by atoms with Crippen LogP contribution in [0.4, 0.5) is 0 Å². The highest BCUT2D eigenvalue weighted by atomic mass is 17.2. The van der Waals surface area contributed by atoms with Gasteiger partial charge in [0.2, 0.25) is 0 Å². The molecule has 44 heavy (non-hydrogen) atoms. The minimum absolute atomic E-state index is 0.366. The molecule has 0 spiro atoms. The van der Waals surface area contributed by atoms with Gasteiger partial charge in [0.25, 0.3) is 0 Å². The van der Waals surface area contributed by atoms with Crippen LogP contribution in [0.15, 0.2) is 86.2 Å². The molecule has 0 atom stereocenters. The van der Waals surface area contributed by atoms with Crippen LogP contribution in [-0.2, 0) is 32.1 Å². The molecule has 236 valence electrons. The molecule has 2 aromatic carbocycles. The lowest BCUT2D eigenvalue weighted by molar-refractivity contribution is -0.286. The predicted octanol–water partition coefficient (Wildman–Crippen LogP) is 7.67. The fourth-order valence-corrected chi connectivity index (χ4v) is 4.32. The molecular formula is C36H46N2O6. The molecule has 8 heteroatoms. The van der Waals surface area contributed by atoms with E-state index < -0.39 is 0 Å². The zero-order valence-corrected chi connectivity index (χ0v) is 25.8. The Labute approximate surface area is 262 Å². The van der Waals surface area contributed by atoms with Gasteiger partial charge in [0.05, 0.1) is 26.4 Å². The molecule has 0 saturated carbocycles. The van der Waals surface area contributed by atoms with Crippen molar-refractivity contribution in [3.8, 4) is 22.9 Å². The summed E-state index contributed by atoms with van der Waals surface area (Å²) in [6, 6.07) is 16.2. The lowest BCUT2D eigenvalue weighted by atomic mass is 10.1. The van der Waals surface area contributed by atoms with E-state index in [1.54, 1.807) is 6.08 Å². The van der Waals surface area contributed by atoms with Gasteiger partial charge in [0.1, 0.15) is 18.1 Å². The zero-order valence-electron chi connectivity index (χ0n) is 25.8. The number of hydrogen-bond donors (Lipinski definition) is 0. The first-order chi connectivity index (χ1) is 21.7. The van der Waals surface area contributed by atoms with Crippen molar-refractivity contribution in [1.82, 2.24) is 9.97 Å². The largest absolute Gasteiger partial charge is 0.494 e. The maximum absolute atomic E-state index is 11.0. The van der Waals surface area contributed by atoms with Crippen molar-refractivity contribution in [2.45, 2.75) is 64.2 Å². The van der Waals surface area contributed by atoms with Crippen LogP contribution < -0.4 is 9.47 Å². The second-order valence-electron chi connectivity index (χ2n) is 10.4. The van der Waals surface area contributed by atoms with E-state index in [-0.39, 0.29) is 5.97 Å². The van der Waals surface area contributed by atoms with Crippen molar-refractivity contribution >= 4 is 5.97 Å². The summed E-state index contributed by atoms with van der Waals surface area (Å²) in [7, 11) is 0. The Bertz CT molecular complexity index is 1210. The first-order valence-corrected chi connectivity index (χ1v) is 15.6. The van der Waals surface area contributed by atoms with Crippen LogP contribution in [0.5, 0.6) is 11.5 Å². The Morgan fingerprint density at radius 1 is 0.636 bits per heavy atom. The topological polar surface area (TPSA) is 89.0 Å². The first-order valence-electron chi connectivity index (χ1n) is 15.6. The number of hydrogen-bond acceptors (Lipinski definition) is 8. The van der Waals surface area contributed by atoms with Gasteiger partial charge in [-0.1, -0.05) is 31.2 Å². The Morgan fingerprint density at radius 3 is 1.77 bits per heavy atom. The predicted molar refractivity (Wildman–Crippen MR) is 173 cm³/mol. The molecule has 1 aromatic heterocycles. The number of rotatable bonds is 24. The van der Waals surface area contributed by atoms with Crippen molar-refractivity contribution in [2.75, 3.05) is 33.0 Å². The smallest absolute Gasteiger partial charge is 0.330 e. The number of esters is 1. The van der Waals surface area contributed by atoms with Crippen molar-refractivity contribution in [2.24, 2.45) is 0 Å². The Kier molecular flexibility index (Phi) is 17.0. The molecule has 0 aliphatic rings. The lowest BCUT2D eigenvalue weighted by Gasteiger charge is -2.08. The standard InChI is InChI=1S/C36H46N2O6/c1-3-23-43-44-27-12-8-7-10-24-40-33-19-15-30(16-20-33)13-14-31-28-37-36(38-29-31)32-17-21-34(22-18-32)41-25-9-5-6-11-26-42-35(39)4-2/h3-4,15-22,28-29H,1-2,5-14,23-27H2. The Morgan fingerprint density at radius 2 is 1.18 bits per heavy atom. The fraction of sp³-hybridized carbons (Fsp3) is 0.417. The minimum Gasteiger partial charge on any atom is -0.494 e. The van der Waals surface area contributed by atoms with Crippen LogP contribution in [0.3, 0.4) is 0 Å². The molecule has 0 unspecified atom stereocenters. The van der Waals surface area contributed by atoms with E-state index in [4.69, 9.17) is 24.0 Å². The van der Waals surface area contributed by atoms with Gasteiger partial charge in [0, 0.05) is 24.0 Å². The summed E-state index contributed by atoms with van der Waals surface area (Å²) in [5.41, 5.74) is 3.31. The van der Waals surface area contributed by atoms with Gasteiger partial charge in [-0.3, -0.25) is 0 Å². The van der Waals surface area contributed by atoms with E-state index >= 15 is 0 Å². The summed E-state index contributed by atoms with van der Waals surface area (Å²) in [4.78, 5) is 30.1. The highest BCUT2D eigenvalue weighted by Gasteiger charge is 2.04. The number of aryl methyl sites for hydroxylation is 2. The maximum Gasteiger partial charge on any atom is 0.330 e. The van der Waals surface area contributed by atoms with E-state index in [0.29, 0.717) is 38.9 Å². The fourth-order valence-electron chi connectivity index (χ4n) is 4.32. The van der Waals surface area contributed by atoms with Gasteiger partial charge in [-0.15, -0.1) is 6.58 Å². The second-order valence-corrected chi connectivity index (χ2v) is 10.4. The van der Waals surface area contributed by atoms with Crippen LogP contribution in [0.1, 0.15) is 62.5 Å². The highest BCUT2D eigenvalue weighted by molar-refractivity contribution is 5.81. The SMILES string of the molecule is C=CCOOCCCCCCOc1ccc(CCc2cnc(-c3ccc(OCCCCCCOC(=O)C=C)cc3)nc2)cc1. The first kappa shape index (κ1) is 34.5. The third-order valence-corrected chi connectivity index (χ3v) is 6.82. The molecule has 0 saturated heterocycles. The number of carbonyl (C=O) groups is 1. The average Bonchev–Trinajstić information content (AvgIpc) is 3.06. The summed E-state index contributed by atoms with van der Waals surface area (Å²) in [5.74, 6) is 2.06. The molecular weight excluding hydrogens is 556 g/mol. The molecule has 8 nitrogen and oxygen atoms in total. The van der Waals surface area contributed by atoms with Gasteiger partial charge in [-0.05, 0) is 105 Å². The number of nitrogens with zero attached hydrogens (tertiary/aromatic N) is 2.